The zero-order chi connectivity index (χ0) is 13.8. The summed E-state index contributed by atoms with van der Waals surface area (Å²) in [5, 5.41) is 0. The first kappa shape index (κ1) is 15.4. The molecule has 19 heavy (non-hydrogen) atoms. The summed E-state index contributed by atoms with van der Waals surface area (Å²) in [5.74, 6) is 1.21. The van der Waals surface area contributed by atoms with Gasteiger partial charge in [-0.1, -0.05) is 39.5 Å². The smallest absolute Gasteiger partial charge is 0.127 e. The number of carbonyl (C=O) groups excluding carboxylic acids is 1. The SMILES string of the molecule is CC1(C)CCN(CC2(C=O)CCCCCC2)CCS1. The second-order valence-corrected chi connectivity index (χ2v) is 8.83. The van der Waals surface area contributed by atoms with Gasteiger partial charge in [-0.3, -0.25) is 0 Å². The summed E-state index contributed by atoms with van der Waals surface area (Å²) in [5.41, 5.74) is -0.0321. The maximum absolute atomic E-state index is 11.7. The lowest BCUT2D eigenvalue weighted by Crippen LogP contribution is -2.40. The van der Waals surface area contributed by atoms with Crippen LogP contribution in [0, 0.1) is 5.41 Å². The van der Waals surface area contributed by atoms with Crippen molar-refractivity contribution in [3.8, 4) is 0 Å². The summed E-state index contributed by atoms with van der Waals surface area (Å²) in [6, 6.07) is 0. The number of carbonyl (C=O) groups is 1. The first-order valence-corrected chi connectivity index (χ1v) is 8.87. The summed E-state index contributed by atoms with van der Waals surface area (Å²) >= 11 is 2.09. The second kappa shape index (κ2) is 6.62. The molecule has 0 bridgehead atoms. The third-order valence-electron chi connectivity index (χ3n) is 4.82. The highest BCUT2D eigenvalue weighted by Gasteiger charge is 2.34. The van der Waals surface area contributed by atoms with Crippen LogP contribution in [0.15, 0.2) is 0 Å². The molecule has 0 aromatic heterocycles. The van der Waals surface area contributed by atoms with Gasteiger partial charge in [0.2, 0.25) is 0 Å². The molecule has 110 valence electrons. The fraction of sp³-hybridized carbons (Fsp3) is 0.938. The molecular weight excluding hydrogens is 254 g/mol. The quantitative estimate of drug-likeness (QED) is 0.581. The zero-order valence-electron chi connectivity index (χ0n) is 12.6. The summed E-state index contributed by atoms with van der Waals surface area (Å²) in [6.07, 6.45) is 9.89. The number of aldehydes is 1. The predicted octanol–water partition coefficient (Wildman–Crippen LogP) is 3.74. The van der Waals surface area contributed by atoms with Gasteiger partial charge in [0.15, 0.2) is 0 Å². The maximum atomic E-state index is 11.7. The summed E-state index contributed by atoms with van der Waals surface area (Å²) < 4.78 is 0.409. The van der Waals surface area contributed by atoms with Crippen LogP contribution in [0.3, 0.4) is 0 Å². The van der Waals surface area contributed by atoms with Gasteiger partial charge in [0.25, 0.3) is 0 Å². The van der Waals surface area contributed by atoms with Crippen LogP contribution < -0.4 is 0 Å². The second-order valence-electron chi connectivity index (χ2n) is 7.03. The minimum atomic E-state index is -0.0321. The van der Waals surface area contributed by atoms with Crippen molar-refractivity contribution < 1.29 is 4.79 Å². The third-order valence-corrected chi connectivity index (χ3v) is 6.19. The van der Waals surface area contributed by atoms with Gasteiger partial charge in [-0.2, -0.15) is 11.8 Å². The van der Waals surface area contributed by atoms with Gasteiger partial charge >= 0.3 is 0 Å². The first-order chi connectivity index (χ1) is 9.05. The van der Waals surface area contributed by atoms with E-state index in [1.807, 2.05) is 0 Å². The van der Waals surface area contributed by atoms with Crippen LogP contribution >= 0.6 is 11.8 Å². The zero-order valence-corrected chi connectivity index (χ0v) is 13.4. The van der Waals surface area contributed by atoms with E-state index in [0.717, 1.165) is 32.5 Å². The van der Waals surface area contributed by atoms with Gasteiger partial charge in [0.1, 0.15) is 6.29 Å². The molecule has 1 aliphatic heterocycles. The monoisotopic (exact) mass is 283 g/mol. The van der Waals surface area contributed by atoms with Gasteiger partial charge in [-0.15, -0.1) is 0 Å². The fourth-order valence-electron chi connectivity index (χ4n) is 3.41. The molecule has 2 rings (SSSR count). The topological polar surface area (TPSA) is 20.3 Å². The number of nitrogens with zero attached hydrogens (tertiary/aromatic N) is 1. The molecule has 0 atom stereocenters. The van der Waals surface area contributed by atoms with Crippen LogP contribution in [0.25, 0.3) is 0 Å². The number of thioether (sulfide) groups is 1. The Kier molecular flexibility index (Phi) is 5.36. The van der Waals surface area contributed by atoms with Crippen molar-refractivity contribution in [3.05, 3.63) is 0 Å². The van der Waals surface area contributed by atoms with Crippen LogP contribution in [0.5, 0.6) is 0 Å². The summed E-state index contributed by atoms with van der Waals surface area (Å²) in [6.45, 7) is 8.02. The molecule has 0 radical (unpaired) electrons. The Morgan fingerprint density at radius 2 is 1.74 bits per heavy atom. The number of rotatable bonds is 3. The van der Waals surface area contributed by atoms with Crippen LogP contribution in [-0.4, -0.2) is 41.3 Å². The Labute approximate surface area is 122 Å². The average Bonchev–Trinajstić information content (AvgIpc) is 2.70. The van der Waals surface area contributed by atoms with E-state index in [0.29, 0.717) is 4.75 Å². The lowest BCUT2D eigenvalue weighted by molar-refractivity contribution is -0.118. The molecule has 2 nitrogen and oxygen atoms in total. The molecule has 0 aromatic rings. The van der Waals surface area contributed by atoms with Crippen LogP contribution in [-0.2, 0) is 4.79 Å². The van der Waals surface area contributed by atoms with Crippen LogP contribution in [0.4, 0.5) is 0 Å². The van der Waals surface area contributed by atoms with E-state index in [9.17, 15) is 4.79 Å². The molecule has 0 unspecified atom stereocenters. The van der Waals surface area contributed by atoms with Gasteiger partial charge in [-0.25, -0.2) is 0 Å². The highest BCUT2D eigenvalue weighted by atomic mass is 32.2. The van der Waals surface area contributed by atoms with Gasteiger partial charge in [0, 0.05) is 29.0 Å². The molecule has 0 N–H and O–H groups in total. The highest BCUT2D eigenvalue weighted by molar-refractivity contribution is 8.00. The molecule has 0 amide bonds. The van der Waals surface area contributed by atoms with Gasteiger partial charge in [0.05, 0.1) is 0 Å². The van der Waals surface area contributed by atoms with E-state index >= 15 is 0 Å². The largest absolute Gasteiger partial charge is 0.303 e. The Bertz CT molecular complexity index is 295. The van der Waals surface area contributed by atoms with Crippen molar-refractivity contribution in [2.24, 2.45) is 5.41 Å². The normalized spacial score (nSPS) is 28.3. The van der Waals surface area contributed by atoms with Crippen molar-refractivity contribution in [2.75, 3.05) is 25.4 Å². The Morgan fingerprint density at radius 3 is 2.37 bits per heavy atom. The molecule has 1 saturated carbocycles. The molecule has 2 fully saturated rings. The predicted molar refractivity (Wildman–Crippen MR) is 83.8 cm³/mol. The molecule has 3 heteroatoms. The first-order valence-electron chi connectivity index (χ1n) is 7.88. The molecule has 1 saturated heterocycles. The van der Waals surface area contributed by atoms with Crippen molar-refractivity contribution in [3.63, 3.8) is 0 Å². The Morgan fingerprint density at radius 1 is 1.05 bits per heavy atom. The highest BCUT2D eigenvalue weighted by Crippen LogP contribution is 2.36. The van der Waals surface area contributed by atoms with Crippen molar-refractivity contribution in [1.29, 1.82) is 0 Å². The van der Waals surface area contributed by atoms with E-state index in [-0.39, 0.29) is 5.41 Å². The van der Waals surface area contributed by atoms with Gasteiger partial charge < -0.3 is 9.69 Å². The van der Waals surface area contributed by atoms with E-state index in [2.05, 4.69) is 30.5 Å². The Hall–Kier alpha value is -0.0200. The molecule has 0 aromatic carbocycles. The minimum absolute atomic E-state index is 0.0321. The van der Waals surface area contributed by atoms with Crippen LogP contribution in [0.2, 0.25) is 0 Å². The lowest BCUT2D eigenvalue weighted by atomic mass is 9.81. The van der Waals surface area contributed by atoms with Crippen LogP contribution in [0.1, 0.15) is 58.8 Å². The van der Waals surface area contributed by atoms with Gasteiger partial charge in [-0.05, 0) is 25.8 Å². The molecule has 1 aliphatic carbocycles. The van der Waals surface area contributed by atoms with Crippen molar-refractivity contribution >= 4 is 18.0 Å². The summed E-state index contributed by atoms with van der Waals surface area (Å²) in [4.78, 5) is 14.2. The van der Waals surface area contributed by atoms with Crippen molar-refractivity contribution in [1.82, 2.24) is 4.90 Å². The standard InChI is InChI=1S/C16H29NOS/c1-15(2)9-10-17(11-12-19-15)13-16(14-18)7-5-3-4-6-8-16/h14H,3-13H2,1-2H3. The summed E-state index contributed by atoms with van der Waals surface area (Å²) in [7, 11) is 0. The average molecular weight is 283 g/mol. The van der Waals surface area contributed by atoms with Crippen molar-refractivity contribution in [2.45, 2.75) is 63.5 Å². The van der Waals surface area contributed by atoms with E-state index in [1.54, 1.807) is 0 Å². The number of hydrogen-bond acceptors (Lipinski definition) is 3. The van der Waals surface area contributed by atoms with E-state index in [1.165, 1.54) is 44.1 Å². The molecule has 0 spiro atoms. The third kappa shape index (κ3) is 4.49. The maximum Gasteiger partial charge on any atom is 0.127 e. The van der Waals surface area contributed by atoms with E-state index in [4.69, 9.17) is 0 Å². The molecule has 1 heterocycles. The number of hydrogen-bond donors (Lipinski definition) is 0. The minimum Gasteiger partial charge on any atom is -0.303 e. The van der Waals surface area contributed by atoms with E-state index < -0.39 is 0 Å². The Balaban J connectivity index is 1.95. The lowest BCUT2D eigenvalue weighted by Gasteiger charge is -2.33. The fourth-order valence-corrected chi connectivity index (χ4v) is 4.55. The molecule has 2 aliphatic rings. The molecular formula is C16H29NOS.